The maximum atomic E-state index is 13.6. The van der Waals surface area contributed by atoms with Crippen LogP contribution in [0.15, 0.2) is 41.3 Å². The van der Waals surface area contributed by atoms with Crippen molar-refractivity contribution < 1.29 is 31.4 Å². The Balaban J connectivity index is 2.01. The molecule has 11 heteroatoms. The molecule has 32 heavy (non-hydrogen) atoms. The summed E-state index contributed by atoms with van der Waals surface area (Å²) in [6.07, 6.45) is -3.53. The largest absolute Gasteiger partial charge is 0.573 e. The summed E-state index contributed by atoms with van der Waals surface area (Å²) in [7, 11) is 1.27. The van der Waals surface area contributed by atoms with Gasteiger partial charge < -0.3 is 19.4 Å². The van der Waals surface area contributed by atoms with Gasteiger partial charge in [-0.05, 0) is 54.8 Å². The fourth-order valence-corrected chi connectivity index (χ4v) is 3.01. The maximum Gasteiger partial charge on any atom is 0.573 e. The van der Waals surface area contributed by atoms with Gasteiger partial charge in [-0.25, -0.2) is 8.78 Å². The molecule has 2 aromatic carbocycles. The van der Waals surface area contributed by atoms with Crippen LogP contribution in [0.3, 0.4) is 0 Å². The van der Waals surface area contributed by atoms with Crippen molar-refractivity contribution in [3.63, 3.8) is 0 Å². The van der Waals surface area contributed by atoms with E-state index in [1.165, 1.54) is 36.9 Å². The SMILES string of the molecule is COc1cn(Cc2cc(F)cc(F)c2)c(Nc2cc(C)c(OC(F)(F)F)cc2C)nc1=O. The number of halogens is 5. The lowest BCUT2D eigenvalue weighted by Gasteiger charge is -2.18. The number of ether oxygens (including phenoxy) is 2. The number of anilines is 2. The Morgan fingerprint density at radius 3 is 2.25 bits per heavy atom. The van der Waals surface area contributed by atoms with Crippen molar-refractivity contribution in [1.82, 2.24) is 9.55 Å². The third kappa shape index (κ3) is 5.54. The molecule has 0 fully saturated rings. The Morgan fingerprint density at radius 2 is 1.66 bits per heavy atom. The van der Waals surface area contributed by atoms with Gasteiger partial charge in [0.25, 0.3) is 0 Å². The van der Waals surface area contributed by atoms with Crippen LogP contribution in [0.1, 0.15) is 16.7 Å². The molecule has 0 aliphatic rings. The van der Waals surface area contributed by atoms with E-state index in [1.54, 1.807) is 6.92 Å². The number of aromatic nitrogens is 2. The van der Waals surface area contributed by atoms with Crippen molar-refractivity contribution in [3.05, 3.63) is 75.2 Å². The predicted molar refractivity (Wildman–Crippen MR) is 106 cm³/mol. The Bertz CT molecular complexity index is 1190. The Labute approximate surface area is 179 Å². The van der Waals surface area contributed by atoms with E-state index in [0.29, 0.717) is 11.3 Å². The van der Waals surface area contributed by atoms with Crippen molar-refractivity contribution in [1.29, 1.82) is 0 Å². The van der Waals surface area contributed by atoms with E-state index < -0.39 is 23.6 Å². The molecule has 170 valence electrons. The molecule has 0 aliphatic carbocycles. The van der Waals surface area contributed by atoms with E-state index in [4.69, 9.17) is 4.74 Å². The van der Waals surface area contributed by atoms with Crippen molar-refractivity contribution >= 4 is 11.6 Å². The van der Waals surface area contributed by atoms with Crippen molar-refractivity contribution in [2.24, 2.45) is 0 Å². The Hall–Kier alpha value is -3.63. The first kappa shape index (κ1) is 23.0. The minimum absolute atomic E-state index is 0.00698. The average molecular weight is 455 g/mol. The highest BCUT2D eigenvalue weighted by Gasteiger charge is 2.32. The number of rotatable bonds is 6. The third-order valence-corrected chi connectivity index (χ3v) is 4.45. The molecule has 1 N–H and O–H groups in total. The molecule has 0 saturated heterocycles. The van der Waals surface area contributed by atoms with Crippen LogP contribution < -0.4 is 20.3 Å². The van der Waals surface area contributed by atoms with E-state index in [-0.39, 0.29) is 35.1 Å². The van der Waals surface area contributed by atoms with Gasteiger partial charge in [0.15, 0.2) is 0 Å². The summed E-state index contributed by atoms with van der Waals surface area (Å²) in [6.45, 7) is 2.89. The maximum absolute atomic E-state index is 13.6. The smallest absolute Gasteiger partial charge is 0.490 e. The number of alkyl halides is 3. The van der Waals surface area contributed by atoms with Crippen LogP contribution in [-0.4, -0.2) is 23.0 Å². The zero-order valence-electron chi connectivity index (χ0n) is 17.2. The first-order chi connectivity index (χ1) is 14.9. The quantitative estimate of drug-likeness (QED) is 0.539. The molecule has 6 nitrogen and oxygen atoms in total. The van der Waals surface area contributed by atoms with Crippen LogP contribution in [0.5, 0.6) is 11.5 Å². The van der Waals surface area contributed by atoms with Gasteiger partial charge in [-0.3, -0.25) is 4.79 Å². The molecule has 1 aromatic heterocycles. The number of benzene rings is 2. The average Bonchev–Trinajstić information content (AvgIpc) is 2.65. The van der Waals surface area contributed by atoms with E-state index >= 15 is 0 Å². The van der Waals surface area contributed by atoms with Gasteiger partial charge in [0, 0.05) is 11.8 Å². The third-order valence-electron chi connectivity index (χ3n) is 4.45. The summed E-state index contributed by atoms with van der Waals surface area (Å²) in [4.78, 5) is 16.1. The van der Waals surface area contributed by atoms with Crippen molar-refractivity contribution in [2.45, 2.75) is 26.8 Å². The number of hydrogen-bond donors (Lipinski definition) is 1. The van der Waals surface area contributed by atoms with Crippen molar-refractivity contribution in [3.8, 4) is 11.5 Å². The lowest BCUT2D eigenvalue weighted by molar-refractivity contribution is -0.274. The van der Waals surface area contributed by atoms with E-state index in [9.17, 15) is 26.7 Å². The number of methoxy groups -OCH3 is 1. The normalized spacial score (nSPS) is 11.4. The van der Waals surface area contributed by atoms with Crippen molar-refractivity contribution in [2.75, 3.05) is 12.4 Å². The fourth-order valence-electron chi connectivity index (χ4n) is 3.01. The summed E-state index contributed by atoms with van der Waals surface area (Å²) in [5, 5.41) is 2.89. The highest BCUT2D eigenvalue weighted by Crippen LogP contribution is 2.32. The van der Waals surface area contributed by atoms with Gasteiger partial charge in [0.05, 0.1) is 19.9 Å². The summed E-state index contributed by atoms with van der Waals surface area (Å²) in [6, 6.07) is 5.56. The van der Waals surface area contributed by atoms with Crippen LogP contribution in [0.2, 0.25) is 0 Å². The summed E-state index contributed by atoms with van der Waals surface area (Å²) >= 11 is 0. The number of hydrogen-bond acceptors (Lipinski definition) is 5. The molecule has 3 rings (SSSR count). The summed E-state index contributed by atoms with van der Waals surface area (Å²) in [5.41, 5.74) is 0.463. The molecule has 0 bridgehead atoms. The van der Waals surface area contributed by atoms with Gasteiger partial charge in [-0.15, -0.1) is 13.2 Å². The first-order valence-corrected chi connectivity index (χ1v) is 9.19. The summed E-state index contributed by atoms with van der Waals surface area (Å²) in [5.74, 6) is -2.03. The first-order valence-electron chi connectivity index (χ1n) is 9.19. The zero-order chi connectivity index (χ0) is 23.6. The van der Waals surface area contributed by atoms with Crippen LogP contribution in [0, 0.1) is 25.5 Å². The second-order valence-corrected chi connectivity index (χ2v) is 6.95. The number of aryl methyl sites for hydroxylation is 2. The predicted octanol–water partition coefficient (Wildman–Crippen LogP) is 4.84. The Morgan fingerprint density at radius 1 is 1.00 bits per heavy atom. The number of nitrogens with zero attached hydrogens (tertiary/aromatic N) is 2. The molecular formula is C21H18F5N3O3. The molecule has 0 radical (unpaired) electrons. The van der Waals surface area contributed by atoms with Gasteiger partial charge >= 0.3 is 11.9 Å². The molecule has 0 aliphatic heterocycles. The molecule has 1 heterocycles. The van der Waals surface area contributed by atoms with Crippen LogP contribution in [0.25, 0.3) is 0 Å². The number of nitrogens with one attached hydrogen (secondary N) is 1. The minimum atomic E-state index is -4.84. The molecule has 0 saturated carbocycles. The highest BCUT2D eigenvalue weighted by atomic mass is 19.4. The molecule has 0 spiro atoms. The lowest BCUT2D eigenvalue weighted by Crippen LogP contribution is -2.19. The van der Waals surface area contributed by atoms with Gasteiger partial charge in [-0.1, -0.05) is 0 Å². The molecular weight excluding hydrogens is 437 g/mol. The molecule has 0 atom stereocenters. The molecule has 0 amide bonds. The van der Waals surface area contributed by atoms with E-state index in [1.807, 2.05) is 0 Å². The molecule has 3 aromatic rings. The van der Waals surface area contributed by atoms with E-state index in [2.05, 4.69) is 15.0 Å². The summed E-state index contributed by atoms with van der Waals surface area (Å²) < 4.78 is 75.3. The Kier molecular flexibility index (Phi) is 6.37. The van der Waals surface area contributed by atoms with Crippen LogP contribution in [-0.2, 0) is 6.54 Å². The lowest BCUT2D eigenvalue weighted by atomic mass is 10.1. The second kappa shape index (κ2) is 8.85. The fraction of sp³-hybridized carbons (Fsp3) is 0.238. The van der Waals surface area contributed by atoms with E-state index in [0.717, 1.165) is 18.2 Å². The van der Waals surface area contributed by atoms with Crippen LogP contribution in [0.4, 0.5) is 33.6 Å². The zero-order valence-corrected chi connectivity index (χ0v) is 17.2. The minimum Gasteiger partial charge on any atom is -0.490 e. The second-order valence-electron chi connectivity index (χ2n) is 6.95. The van der Waals surface area contributed by atoms with Gasteiger partial charge in [0.1, 0.15) is 17.4 Å². The van der Waals surface area contributed by atoms with Gasteiger partial charge in [-0.2, -0.15) is 4.98 Å². The topological polar surface area (TPSA) is 65.4 Å². The monoisotopic (exact) mass is 455 g/mol. The standard InChI is InChI=1S/C21H18F5N3O3/c1-11-5-17(32-21(24,25)26)12(2)4-16(11)27-20-28-19(30)18(31-3)10-29(20)9-13-6-14(22)8-15(23)7-13/h4-8,10H,9H2,1-3H3,(H,27,28,30). The van der Waals surface area contributed by atoms with Gasteiger partial charge in [0.2, 0.25) is 11.7 Å². The van der Waals surface area contributed by atoms with Crippen LogP contribution >= 0.6 is 0 Å². The molecule has 0 unspecified atom stereocenters. The highest BCUT2D eigenvalue weighted by molar-refractivity contribution is 5.62.